The van der Waals surface area contributed by atoms with E-state index in [2.05, 4.69) is 52.5 Å². The minimum Gasteiger partial charge on any atom is -0.327 e. The van der Waals surface area contributed by atoms with Gasteiger partial charge in [-0.1, -0.05) is 15.9 Å². The number of rotatable bonds is 4. The number of aromatic nitrogens is 2. The van der Waals surface area contributed by atoms with Crippen LogP contribution in [0.4, 0.5) is 0 Å². The molecule has 0 spiro atoms. The van der Waals surface area contributed by atoms with E-state index in [0.717, 1.165) is 22.2 Å². The monoisotopic (exact) mass is 321 g/mol. The molecule has 0 saturated heterocycles. The maximum Gasteiger partial charge on any atom is 0.111 e. The Hall–Kier alpha value is -0.870. The molecule has 1 unspecified atom stereocenters. The molecule has 1 saturated carbocycles. The molecular formula is C15H20BrN3. The van der Waals surface area contributed by atoms with Gasteiger partial charge in [-0.15, -0.1) is 0 Å². The number of benzene rings is 1. The highest BCUT2D eigenvalue weighted by atomic mass is 79.9. The third-order valence-corrected chi connectivity index (χ3v) is 4.38. The van der Waals surface area contributed by atoms with Crippen LogP contribution in [-0.4, -0.2) is 15.6 Å². The first-order chi connectivity index (χ1) is 9.06. The summed E-state index contributed by atoms with van der Waals surface area (Å²) < 4.78 is 3.40. The third kappa shape index (κ3) is 2.56. The molecule has 0 amide bonds. The van der Waals surface area contributed by atoms with Gasteiger partial charge in [0.05, 0.1) is 11.0 Å². The summed E-state index contributed by atoms with van der Waals surface area (Å²) in [5.41, 5.74) is 8.53. The van der Waals surface area contributed by atoms with Gasteiger partial charge in [-0.05, 0) is 50.8 Å². The predicted octanol–water partition coefficient (Wildman–Crippen LogP) is 3.66. The van der Waals surface area contributed by atoms with E-state index in [0.29, 0.717) is 12.0 Å². The smallest absolute Gasteiger partial charge is 0.111 e. The Morgan fingerprint density at radius 2 is 2.16 bits per heavy atom. The Bertz CT molecular complexity index is 599. The Morgan fingerprint density at radius 1 is 1.42 bits per heavy atom. The summed E-state index contributed by atoms with van der Waals surface area (Å²) in [6.45, 7) is 4.41. The Kier molecular flexibility index (Phi) is 3.39. The van der Waals surface area contributed by atoms with Gasteiger partial charge >= 0.3 is 0 Å². The molecule has 2 N–H and O–H groups in total. The van der Waals surface area contributed by atoms with Crippen LogP contribution < -0.4 is 5.73 Å². The number of imidazole rings is 1. The van der Waals surface area contributed by atoms with E-state index < -0.39 is 0 Å². The van der Waals surface area contributed by atoms with Crippen molar-refractivity contribution in [2.45, 2.75) is 45.2 Å². The van der Waals surface area contributed by atoms with Gasteiger partial charge in [-0.3, -0.25) is 0 Å². The maximum atomic E-state index is 6.27. The number of halogens is 1. The lowest BCUT2D eigenvalue weighted by atomic mass is 10.1. The van der Waals surface area contributed by atoms with Gasteiger partial charge in [0.2, 0.25) is 0 Å². The molecule has 1 aliphatic rings. The number of hydrogen-bond donors (Lipinski definition) is 1. The molecule has 0 radical (unpaired) electrons. The number of nitrogens with zero attached hydrogens (tertiary/aromatic N) is 2. The van der Waals surface area contributed by atoms with Crippen LogP contribution in [0.2, 0.25) is 0 Å². The second-order valence-electron chi connectivity index (χ2n) is 5.83. The van der Waals surface area contributed by atoms with E-state index in [9.17, 15) is 0 Å². The van der Waals surface area contributed by atoms with E-state index >= 15 is 0 Å². The first-order valence-electron chi connectivity index (χ1n) is 6.98. The van der Waals surface area contributed by atoms with E-state index in [1.807, 2.05) is 0 Å². The second-order valence-corrected chi connectivity index (χ2v) is 6.75. The van der Waals surface area contributed by atoms with Gasteiger partial charge in [0.15, 0.2) is 0 Å². The summed E-state index contributed by atoms with van der Waals surface area (Å²) in [6, 6.07) is 6.97. The molecule has 1 heterocycles. The van der Waals surface area contributed by atoms with Crippen LogP contribution >= 0.6 is 15.9 Å². The normalized spacial score (nSPS) is 17.3. The van der Waals surface area contributed by atoms with Crippen molar-refractivity contribution in [1.29, 1.82) is 0 Å². The summed E-state index contributed by atoms with van der Waals surface area (Å²) in [5, 5.41) is 0. The van der Waals surface area contributed by atoms with Crippen LogP contribution in [0.3, 0.4) is 0 Å². The molecule has 3 nitrogen and oxygen atoms in total. The van der Waals surface area contributed by atoms with Crippen LogP contribution in [0.15, 0.2) is 22.7 Å². The molecule has 3 rings (SSSR count). The minimum absolute atomic E-state index is 0.262. The summed E-state index contributed by atoms with van der Waals surface area (Å²) in [6.07, 6.45) is 3.46. The summed E-state index contributed by atoms with van der Waals surface area (Å²) in [5.74, 6) is 1.84. The van der Waals surface area contributed by atoms with Gasteiger partial charge in [-0.2, -0.15) is 0 Å². The van der Waals surface area contributed by atoms with Crippen LogP contribution in [0.1, 0.15) is 38.6 Å². The van der Waals surface area contributed by atoms with Gasteiger partial charge in [0.25, 0.3) is 0 Å². The van der Waals surface area contributed by atoms with Crippen molar-refractivity contribution in [3.05, 3.63) is 28.5 Å². The standard InChI is InChI=1S/C15H20BrN3/c1-9(2)19-14-6-5-11(16)7-13(14)18-15(19)8-12(17)10-3-4-10/h5-7,9-10,12H,3-4,8,17H2,1-2H3. The molecule has 1 aromatic heterocycles. The van der Waals surface area contributed by atoms with Crippen molar-refractivity contribution < 1.29 is 0 Å². The first kappa shape index (κ1) is 13.1. The van der Waals surface area contributed by atoms with Crippen LogP contribution in [0, 0.1) is 5.92 Å². The van der Waals surface area contributed by atoms with Gasteiger partial charge in [0, 0.05) is 23.0 Å². The predicted molar refractivity (Wildman–Crippen MR) is 82.2 cm³/mol. The van der Waals surface area contributed by atoms with Gasteiger partial charge in [0.1, 0.15) is 5.82 Å². The van der Waals surface area contributed by atoms with Gasteiger partial charge < -0.3 is 10.3 Å². The highest BCUT2D eigenvalue weighted by molar-refractivity contribution is 9.10. The van der Waals surface area contributed by atoms with E-state index in [4.69, 9.17) is 10.7 Å². The molecule has 0 aliphatic heterocycles. The lowest BCUT2D eigenvalue weighted by molar-refractivity contribution is 0.526. The molecule has 0 bridgehead atoms. The van der Waals surface area contributed by atoms with E-state index in [1.165, 1.54) is 18.4 Å². The van der Waals surface area contributed by atoms with Crippen LogP contribution in [0.25, 0.3) is 11.0 Å². The Morgan fingerprint density at radius 3 is 2.79 bits per heavy atom. The molecule has 2 aromatic rings. The lowest BCUT2D eigenvalue weighted by Crippen LogP contribution is -2.27. The molecule has 1 fully saturated rings. The van der Waals surface area contributed by atoms with Crippen molar-refractivity contribution >= 4 is 27.0 Å². The van der Waals surface area contributed by atoms with Crippen molar-refractivity contribution in [2.75, 3.05) is 0 Å². The maximum absolute atomic E-state index is 6.27. The summed E-state index contributed by atoms with van der Waals surface area (Å²) in [7, 11) is 0. The van der Waals surface area contributed by atoms with Crippen LogP contribution in [0.5, 0.6) is 0 Å². The average Bonchev–Trinajstić information content (AvgIpc) is 3.11. The number of fused-ring (bicyclic) bond motifs is 1. The third-order valence-electron chi connectivity index (χ3n) is 3.89. The fourth-order valence-electron chi connectivity index (χ4n) is 2.74. The number of hydrogen-bond acceptors (Lipinski definition) is 2. The zero-order valence-corrected chi connectivity index (χ0v) is 13.0. The zero-order valence-electron chi connectivity index (χ0n) is 11.4. The lowest BCUT2D eigenvalue weighted by Gasteiger charge is -2.15. The SMILES string of the molecule is CC(C)n1c(CC(N)C2CC2)nc2cc(Br)ccc21. The van der Waals surface area contributed by atoms with Crippen molar-refractivity contribution in [1.82, 2.24) is 9.55 Å². The fraction of sp³-hybridized carbons (Fsp3) is 0.533. The molecule has 19 heavy (non-hydrogen) atoms. The molecule has 1 aliphatic carbocycles. The molecule has 1 atom stereocenters. The fourth-order valence-corrected chi connectivity index (χ4v) is 3.09. The van der Waals surface area contributed by atoms with Crippen molar-refractivity contribution in [3.8, 4) is 0 Å². The zero-order chi connectivity index (χ0) is 13.6. The van der Waals surface area contributed by atoms with Crippen molar-refractivity contribution in [3.63, 3.8) is 0 Å². The molecule has 1 aromatic carbocycles. The molecule has 4 heteroatoms. The van der Waals surface area contributed by atoms with Crippen molar-refractivity contribution in [2.24, 2.45) is 11.7 Å². The average molecular weight is 322 g/mol. The topological polar surface area (TPSA) is 43.8 Å². The highest BCUT2D eigenvalue weighted by Crippen LogP contribution is 2.33. The Labute approximate surface area is 122 Å². The summed E-state index contributed by atoms with van der Waals surface area (Å²) in [4.78, 5) is 4.80. The number of nitrogens with two attached hydrogens (primary N) is 1. The largest absolute Gasteiger partial charge is 0.327 e. The first-order valence-corrected chi connectivity index (χ1v) is 7.77. The van der Waals surface area contributed by atoms with E-state index in [1.54, 1.807) is 0 Å². The highest BCUT2D eigenvalue weighted by Gasteiger charge is 2.30. The summed E-state index contributed by atoms with van der Waals surface area (Å²) >= 11 is 3.51. The minimum atomic E-state index is 0.262. The second kappa shape index (κ2) is 4.91. The van der Waals surface area contributed by atoms with E-state index in [-0.39, 0.29) is 6.04 Å². The quantitative estimate of drug-likeness (QED) is 0.933. The Balaban J connectivity index is 2.03. The molecular weight excluding hydrogens is 302 g/mol. The van der Waals surface area contributed by atoms with Gasteiger partial charge in [-0.25, -0.2) is 4.98 Å². The van der Waals surface area contributed by atoms with Crippen LogP contribution in [-0.2, 0) is 6.42 Å². The molecule has 102 valence electrons.